The molecule has 1 aromatic rings. The van der Waals surface area contributed by atoms with E-state index in [1.165, 1.54) is 11.8 Å². The van der Waals surface area contributed by atoms with Gasteiger partial charge in [0.25, 0.3) is 0 Å². The number of nitrogens with zero attached hydrogens (tertiary/aromatic N) is 2. The van der Waals surface area contributed by atoms with Crippen molar-refractivity contribution in [2.24, 2.45) is 5.73 Å². The van der Waals surface area contributed by atoms with Crippen LogP contribution >= 0.6 is 11.8 Å². The number of thioether (sulfide) groups is 1. The first-order chi connectivity index (χ1) is 6.18. The third-order valence-corrected chi connectivity index (χ3v) is 2.29. The highest BCUT2D eigenvalue weighted by Gasteiger charge is 1.98. The van der Waals surface area contributed by atoms with Crippen LogP contribution in [0.15, 0.2) is 12.4 Å². The quantitative estimate of drug-likeness (QED) is 0.763. The van der Waals surface area contributed by atoms with Gasteiger partial charge in [0.15, 0.2) is 0 Å². The van der Waals surface area contributed by atoms with E-state index in [4.69, 9.17) is 5.73 Å². The summed E-state index contributed by atoms with van der Waals surface area (Å²) in [5.74, 6) is 0.707. The number of aryl methyl sites for hydroxylation is 1. The van der Waals surface area contributed by atoms with Crippen LogP contribution in [0.4, 0.5) is 0 Å². The molecule has 1 aromatic heterocycles. The van der Waals surface area contributed by atoms with E-state index in [-0.39, 0.29) is 5.91 Å². The topological polar surface area (TPSA) is 68.9 Å². The van der Waals surface area contributed by atoms with Crippen LogP contribution < -0.4 is 5.73 Å². The van der Waals surface area contributed by atoms with Gasteiger partial charge in [-0.25, -0.2) is 0 Å². The Kier molecular flexibility index (Phi) is 3.70. The van der Waals surface area contributed by atoms with Crippen LogP contribution in [0, 0.1) is 6.92 Å². The molecule has 0 aliphatic rings. The highest BCUT2D eigenvalue weighted by Crippen LogP contribution is 2.08. The minimum absolute atomic E-state index is 0.300. The molecule has 1 rings (SSSR count). The van der Waals surface area contributed by atoms with Gasteiger partial charge in [0, 0.05) is 18.1 Å². The molecule has 0 aliphatic heterocycles. The van der Waals surface area contributed by atoms with E-state index >= 15 is 0 Å². The molecule has 0 aromatic carbocycles. The third kappa shape index (κ3) is 3.89. The van der Waals surface area contributed by atoms with Crippen LogP contribution in [0.1, 0.15) is 11.4 Å². The summed E-state index contributed by atoms with van der Waals surface area (Å²) in [6, 6.07) is 0. The second kappa shape index (κ2) is 4.81. The minimum Gasteiger partial charge on any atom is -0.369 e. The minimum atomic E-state index is -0.300. The molecule has 1 amide bonds. The van der Waals surface area contributed by atoms with E-state index in [2.05, 4.69) is 9.97 Å². The van der Waals surface area contributed by atoms with Gasteiger partial charge in [0.2, 0.25) is 5.91 Å². The molecule has 0 aliphatic carbocycles. The van der Waals surface area contributed by atoms with Gasteiger partial charge in [-0.15, -0.1) is 11.8 Å². The molecule has 0 bridgehead atoms. The van der Waals surface area contributed by atoms with Gasteiger partial charge in [0.1, 0.15) is 0 Å². The Morgan fingerprint density at radius 1 is 1.62 bits per heavy atom. The molecule has 0 spiro atoms. The SMILES string of the molecule is Cc1cncc(CSCC(N)=O)n1. The average Bonchev–Trinajstić information content (AvgIpc) is 2.03. The molecule has 1 heterocycles. The molecule has 0 saturated heterocycles. The summed E-state index contributed by atoms with van der Waals surface area (Å²) < 4.78 is 0. The van der Waals surface area contributed by atoms with Crippen molar-refractivity contribution in [3.05, 3.63) is 23.8 Å². The number of primary amides is 1. The van der Waals surface area contributed by atoms with Crippen LogP contribution in [-0.4, -0.2) is 21.6 Å². The number of aromatic nitrogens is 2. The van der Waals surface area contributed by atoms with Gasteiger partial charge >= 0.3 is 0 Å². The monoisotopic (exact) mass is 197 g/mol. The van der Waals surface area contributed by atoms with Crippen molar-refractivity contribution >= 4 is 17.7 Å². The predicted molar refractivity (Wildman–Crippen MR) is 52.1 cm³/mol. The Bertz CT molecular complexity index is 303. The van der Waals surface area contributed by atoms with Gasteiger partial charge in [-0.1, -0.05) is 0 Å². The number of amides is 1. The maximum absolute atomic E-state index is 10.4. The Balaban J connectivity index is 2.41. The molecule has 5 heteroatoms. The second-order valence-electron chi connectivity index (χ2n) is 2.61. The Morgan fingerprint density at radius 3 is 3.00 bits per heavy atom. The van der Waals surface area contributed by atoms with E-state index < -0.39 is 0 Å². The van der Waals surface area contributed by atoms with Gasteiger partial charge in [0.05, 0.1) is 17.1 Å². The molecule has 4 nitrogen and oxygen atoms in total. The Morgan fingerprint density at radius 2 is 2.38 bits per heavy atom. The standard InChI is InChI=1S/C8H11N3OS/c1-6-2-10-3-7(11-6)4-13-5-8(9)12/h2-3H,4-5H2,1H3,(H2,9,12). The van der Waals surface area contributed by atoms with Gasteiger partial charge in [-0.2, -0.15) is 0 Å². The van der Waals surface area contributed by atoms with Crippen molar-refractivity contribution < 1.29 is 4.79 Å². The number of hydrogen-bond donors (Lipinski definition) is 1. The second-order valence-corrected chi connectivity index (χ2v) is 3.60. The highest BCUT2D eigenvalue weighted by molar-refractivity contribution is 7.99. The summed E-state index contributed by atoms with van der Waals surface area (Å²) in [5, 5.41) is 0. The number of carbonyl (C=O) groups excluding carboxylic acids is 1. The van der Waals surface area contributed by atoms with Crippen LogP contribution in [0.2, 0.25) is 0 Å². The van der Waals surface area contributed by atoms with Crippen LogP contribution in [-0.2, 0) is 10.5 Å². The summed E-state index contributed by atoms with van der Waals surface area (Å²) in [6.07, 6.45) is 3.39. The van der Waals surface area contributed by atoms with E-state index in [1.807, 2.05) is 6.92 Å². The first-order valence-electron chi connectivity index (χ1n) is 3.82. The first-order valence-corrected chi connectivity index (χ1v) is 4.97. The fraction of sp³-hybridized carbons (Fsp3) is 0.375. The molecule has 0 radical (unpaired) electrons. The van der Waals surface area contributed by atoms with Crippen LogP contribution in [0.25, 0.3) is 0 Å². The van der Waals surface area contributed by atoms with E-state index in [0.29, 0.717) is 11.5 Å². The molecule has 0 atom stereocenters. The third-order valence-electron chi connectivity index (χ3n) is 1.30. The average molecular weight is 197 g/mol. The van der Waals surface area contributed by atoms with Crippen molar-refractivity contribution in [1.29, 1.82) is 0 Å². The maximum Gasteiger partial charge on any atom is 0.227 e. The smallest absolute Gasteiger partial charge is 0.227 e. The summed E-state index contributed by atoms with van der Waals surface area (Å²) >= 11 is 1.45. The first kappa shape index (κ1) is 9.98. The fourth-order valence-corrected chi connectivity index (χ4v) is 1.49. The zero-order chi connectivity index (χ0) is 9.68. The van der Waals surface area contributed by atoms with Crippen molar-refractivity contribution in [2.75, 3.05) is 5.75 Å². The largest absolute Gasteiger partial charge is 0.369 e. The lowest BCUT2D eigenvalue weighted by atomic mass is 10.4. The number of hydrogen-bond acceptors (Lipinski definition) is 4. The summed E-state index contributed by atoms with van der Waals surface area (Å²) in [5.41, 5.74) is 6.76. The zero-order valence-electron chi connectivity index (χ0n) is 7.36. The molecule has 0 saturated carbocycles. The van der Waals surface area contributed by atoms with Gasteiger partial charge in [-0.3, -0.25) is 14.8 Å². The molecule has 2 N–H and O–H groups in total. The van der Waals surface area contributed by atoms with Crippen molar-refractivity contribution in [2.45, 2.75) is 12.7 Å². The lowest BCUT2D eigenvalue weighted by Crippen LogP contribution is -2.13. The van der Waals surface area contributed by atoms with Crippen molar-refractivity contribution in [3.8, 4) is 0 Å². The van der Waals surface area contributed by atoms with Crippen molar-refractivity contribution in [1.82, 2.24) is 9.97 Å². The molecule has 0 unspecified atom stereocenters. The molecule has 70 valence electrons. The Hall–Kier alpha value is -1.10. The van der Waals surface area contributed by atoms with Gasteiger partial charge < -0.3 is 5.73 Å². The molecule has 0 fully saturated rings. The van der Waals surface area contributed by atoms with Crippen LogP contribution in [0.3, 0.4) is 0 Å². The van der Waals surface area contributed by atoms with E-state index in [9.17, 15) is 4.79 Å². The lowest BCUT2D eigenvalue weighted by molar-refractivity contribution is -0.115. The normalized spacial score (nSPS) is 9.92. The summed E-state index contributed by atoms with van der Waals surface area (Å²) in [4.78, 5) is 18.6. The van der Waals surface area contributed by atoms with Crippen molar-refractivity contribution in [3.63, 3.8) is 0 Å². The molecular formula is C8H11N3OS. The number of nitrogens with two attached hydrogens (primary N) is 1. The summed E-state index contributed by atoms with van der Waals surface area (Å²) in [6.45, 7) is 1.88. The number of carbonyl (C=O) groups is 1. The van der Waals surface area contributed by atoms with Gasteiger partial charge in [-0.05, 0) is 6.92 Å². The Labute approximate surface area is 81.0 Å². The maximum atomic E-state index is 10.4. The van der Waals surface area contributed by atoms with E-state index in [1.54, 1.807) is 12.4 Å². The highest BCUT2D eigenvalue weighted by atomic mass is 32.2. The molecular weight excluding hydrogens is 186 g/mol. The zero-order valence-corrected chi connectivity index (χ0v) is 8.17. The summed E-state index contributed by atoms with van der Waals surface area (Å²) in [7, 11) is 0. The van der Waals surface area contributed by atoms with E-state index in [0.717, 1.165) is 11.4 Å². The fourth-order valence-electron chi connectivity index (χ4n) is 0.841. The molecule has 13 heavy (non-hydrogen) atoms. The lowest BCUT2D eigenvalue weighted by Gasteiger charge is -1.99. The predicted octanol–water partition coefficient (Wildman–Crippen LogP) is 0.504. The van der Waals surface area contributed by atoms with Crippen LogP contribution in [0.5, 0.6) is 0 Å². The number of rotatable bonds is 4.